The number of amides is 1. The zero-order valence-electron chi connectivity index (χ0n) is 9.03. The van der Waals surface area contributed by atoms with E-state index in [2.05, 4.69) is 5.32 Å². The molecule has 1 rings (SSSR count). The average Bonchev–Trinajstić information content (AvgIpc) is 2.29. The Morgan fingerprint density at radius 1 is 1.47 bits per heavy atom. The van der Waals surface area contributed by atoms with Crippen molar-refractivity contribution in [3.05, 3.63) is 24.0 Å². The molecule has 0 aromatic heterocycles. The summed E-state index contributed by atoms with van der Waals surface area (Å²) in [6.45, 7) is -0.412. The number of rotatable bonds is 4. The summed E-state index contributed by atoms with van der Waals surface area (Å²) >= 11 is 0. The number of nitrogens with two attached hydrogens (primary N) is 1. The second-order valence-corrected chi connectivity index (χ2v) is 4.95. The van der Waals surface area contributed by atoms with Crippen molar-refractivity contribution in [2.45, 2.75) is 4.90 Å². The van der Waals surface area contributed by atoms with Crippen molar-refractivity contribution in [3.8, 4) is 0 Å². The number of benzene rings is 1. The van der Waals surface area contributed by atoms with Crippen LogP contribution in [0.1, 0.15) is 0 Å². The van der Waals surface area contributed by atoms with Gasteiger partial charge < -0.3 is 11.1 Å². The fourth-order valence-corrected chi connectivity index (χ4v) is 2.00. The molecule has 0 saturated carbocycles. The van der Waals surface area contributed by atoms with Gasteiger partial charge in [-0.1, -0.05) is 0 Å². The van der Waals surface area contributed by atoms with E-state index in [1.54, 1.807) is 0 Å². The molecule has 94 valence electrons. The Morgan fingerprint density at radius 2 is 2.12 bits per heavy atom. The molecule has 0 heterocycles. The molecule has 8 heteroatoms. The first-order chi connectivity index (χ1) is 7.86. The van der Waals surface area contributed by atoms with Crippen molar-refractivity contribution in [1.82, 2.24) is 10.0 Å². The van der Waals surface area contributed by atoms with Crippen LogP contribution in [0.15, 0.2) is 23.1 Å². The standard InChI is InChI=1S/C9H12FN3O3S/c1-12-9(14)5-13-17(15,16)6-2-3-8(11)7(10)4-6/h2-4,13H,5,11H2,1H3,(H,12,14). The molecule has 0 fully saturated rings. The molecule has 0 saturated heterocycles. The van der Waals surface area contributed by atoms with Crippen LogP contribution in [0, 0.1) is 5.82 Å². The quantitative estimate of drug-likeness (QED) is 0.632. The van der Waals surface area contributed by atoms with E-state index < -0.39 is 28.3 Å². The number of halogens is 1. The van der Waals surface area contributed by atoms with Gasteiger partial charge in [0, 0.05) is 7.05 Å². The first-order valence-corrected chi connectivity index (χ1v) is 6.10. The summed E-state index contributed by atoms with van der Waals surface area (Å²) in [6.07, 6.45) is 0. The Labute approximate surface area is 98.1 Å². The Balaban J connectivity index is 2.90. The average molecular weight is 261 g/mol. The van der Waals surface area contributed by atoms with Crippen LogP contribution >= 0.6 is 0 Å². The summed E-state index contributed by atoms with van der Waals surface area (Å²) in [5.41, 5.74) is 5.08. The van der Waals surface area contributed by atoms with E-state index in [0.29, 0.717) is 0 Å². The molecule has 6 nitrogen and oxygen atoms in total. The molecule has 0 unspecified atom stereocenters. The lowest BCUT2D eigenvalue weighted by Crippen LogP contribution is -2.35. The fraction of sp³-hybridized carbons (Fsp3) is 0.222. The highest BCUT2D eigenvalue weighted by atomic mass is 32.2. The van der Waals surface area contributed by atoms with Crippen molar-refractivity contribution in [2.75, 3.05) is 19.3 Å². The van der Waals surface area contributed by atoms with Crippen LogP contribution in [0.4, 0.5) is 10.1 Å². The topological polar surface area (TPSA) is 101 Å². The molecular formula is C9H12FN3O3S. The zero-order valence-corrected chi connectivity index (χ0v) is 9.84. The largest absolute Gasteiger partial charge is 0.396 e. The van der Waals surface area contributed by atoms with Gasteiger partial charge in [0.2, 0.25) is 15.9 Å². The molecule has 4 N–H and O–H groups in total. The summed E-state index contributed by atoms with van der Waals surface area (Å²) < 4.78 is 38.3. The van der Waals surface area contributed by atoms with E-state index in [-0.39, 0.29) is 10.6 Å². The maximum Gasteiger partial charge on any atom is 0.241 e. The summed E-state index contributed by atoms with van der Waals surface area (Å²) in [4.78, 5) is 10.6. The third-order valence-electron chi connectivity index (χ3n) is 1.98. The van der Waals surface area contributed by atoms with Crippen molar-refractivity contribution in [2.24, 2.45) is 0 Å². The highest BCUT2D eigenvalue weighted by Crippen LogP contribution is 2.15. The van der Waals surface area contributed by atoms with Gasteiger partial charge in [0.05, 0.1) is 17.1 Å². The monoisotopic (exact) mass is 261 g/mol. The Bertz CT molecular complexity index is 530. The zero-order chi connectivity index (χ0) is 13.1. The van der Waals surface area contributed by atoms with Crippen LogP contribution in [-0.4, -0.2) is 27.9 Å². The maximum atomic E-state index is 13.1. The second-order valence-electron chi connectivity index (χ2n) is 3.18. The molecule has 0 aliphatic rings. The number of hydrogen-bond donors (Lipinski definition) is 3. The normalized spacial score (nSPS) is 11.2. The highest BCUT2D eigenvalue weighted by Gasteiger charge is 2.16. The molecule has 1 amide bonds. The highest BCUT2D eigenvalue weighted by molar-refractivity contribution is 7.89. The lowest BCUT2D eigenvalue weighted by molar-refractivity contribution is -0.119. The van der Waals surface area contributed by atoms with Crippen LogP contribution in [0.3, 0.4) is 0 Å². The number of carbonyl (C=O) groups excluding carboxylic acids is 1. The number of anilines is 1. The molecule has 0 spiro atoms. The van der Waals surface area contributed by atoms with E-state index in [1.165, 1.54) is 7.05 Å². The maximum absolute atomic E-state index is 13.1. The van der Waals surface area contributed by atoms with Crippen molar-refractivity contribution < 1.29 is 17.6 Å². The molecule has 0 aliphatic carbocycles. The predicted octanol–water partition coefficient (Wildman–Crippen LogP) is -0.568. The molecule has 0 radical (unpaired) electrons. The lowest BCUT2D eigenvalue weighted by atomic mass is 10.3. The van der Waals surface area contributed by atoms with Gasteiger partial charge >= 0.3 is 0 Å². The van der Waals surface area contributed by atoms with Crippen molar-refractivity contribution in [3.63, 3.8) is 0 Å². The van der Waals surface area contributed by atoms with Gasteiger partial charge in [0.15, 0.2) is 0 Å². The van der Waals surface area contributed by atoms with Gasteiger partial charge in [0.25, 0.3) is 0 Å². The molecule has 0 aliphatic heterocycles. The minimum absolute atomic E-state index is 0.143. The first kappa shape index (κ1) is 13.4. The van der Waals surface area contributed by atoms with Gasteiger partial charge in [-0.2, -0.15) is 0 Å². The van der Waals surface area contributed by atoms with Crippen LogP contribution < -0.4 is 15.8 Å². The molecule has 0 atom stereocenters. The Kier molecular flexibility index (Phi) is 4.02. The van der Waals surface area contributed by atoms with Gasteiger partial charge in [0.1, 0.15) is 5.82 Å². The third kappa shape index (κ3) is 3.40. The summed E-state index contributed by atoms with van der Waals surface area (Å²) in [5, 5.41) is 2.25. The molecule has 0 bridgehead atoms. The van der Waals surface area contributed by atoms with Gasteiger partial charge in [-0.3, -0.25) is 4.79 Å². The number of likely N-dealkylation sites (N-methyl/N-ethyl adjacent to an activating group) is 1. The number of hydrogen-bond acceptors (Lipinski definition) is 4. The molecule has 1 aromatic rings. The smallest absolute Gasteiger partial charge is 0.241 e. The van der Waals surface area contributed by atoms with E-state index in [9.17, 15) is 17.6 Å². The lowest BCUT2D eigenvalue weighted by Gasteiger charge is -2.06. The Hall–Kier alpha value is -1.67. The number of nitrogen functional groups attached to an aromatic ring is 1. The SMILES string of the molecule is CNC(=O)CNS(=O)(=O)c1ccc(N)c(F)c1. The summed E-state index contributed by atoms with van der Waals surface area (Å²) in [7, 11) is -2.54. The number of carbonyl (C=O) groups is 1. The predicted molar refractivity (Wildman–Crippen MR) is 60.1 cm³/mol. The summed E-state index contributed by atoms with van der Waals surface area (Å²) in [6, 6.07) is 3.09. The van der Waals surface area contributed by atoms with Crippen LogP contribution in [0.25, 0.3) is 0 Å². The minimum atomic E-state index is -3.91. The van der Waals surface area contributed by atoms with Crippen LogP contribution in [0.5, 0.6) is 0 Å². The van der Waals surface area contributed by atoms with E-state index in [1.807, 2.05) is 4.72 Å². The third-order valence-corrected chi connectivity index (χ3v) is 3.38. The van der Waals surface area contributed by atoms with Crippen molar-refractivity contribution in [1.29, 1.82) is 0 Å². The molecular weight excluding hydrogens is 249 g/mol. The van der Waals surface area contributed by atoms with E-state index in [4.69, 9.17) is 5.73 Å². The molecule has 1 aromatic carbocycles. The van der Waals surface area contributed by atoms with Gasteiger partial charge in [-0.05, 0) is 18.2 Å². The molecule has 17 heavy (non-hydrogen) atoms. The van der Waals surface area contributed by atoms with E-state index >= 15 is 0 Å². The Morgan fingerprint density at radius 3 is 2.65 bits per heavy atom. The summed E-state index contributed by atoms with van der Waals surface area (Å²) in [5.74, 6) is -1.32. The fourth-order valence-electron chi connectivity index (χ4n) is 1.01. The van der Waals surface area contributed by atoms with Crippen molar-refractivity contribution >= 4 is 21.6 Å². The van der Waals surface area contributed by atoms with Gasteiger partial charge in [-0.15, -0.1) is 0 Å². The van der Waals surface area contributed by atoms with Gasteiger partial charge in [-0.25, -0.2) is 17.5 Å². The number of nitrogens with one attached hydrogen (secondary N) is 2. The first-order valence-electron chi connectivity index (χ1n) is 4.62. The van der Waals surface area contributed by atoms with Crippen LogP contribution in [0.2, 0.25) is 0 Å². The number of sulfonamides is 1. The van der Waals surface area contributed by atoms with Crippen LogP contribution in [-0.2, 0) is 14.8 Å². The van der Waals surface area contributed by atoms with E-state index in [0.717, 1.165) is 18.2 Å². The second kappa shape index (κ2) is 5.11. The minimum Gasteiger partial charge on any atom is -0.396 e.